The highest BCUT2D eigenvalue weighted by atomic mass is 16.6. The largest absolute Gasteiger partial charge is 0.481 e. The monoisotopic (exact) mass is 626 g/mol. The number of carboxylic acids is 6. The lowest BCUT2D eigenvalue weighted by molar-refractivity contribution is -0.139. The second-order valence-electron chi connectivity index (χ2n) is 8.60. The maximum atomic E-state index is 10.8. The highest BCUT2D eigenvalue weighted by Crippen LogP contribution is 2.18. The van der Waals surface area contributed by atoms with Crippen LogP contribution < -0.4 is 0 Å². The van der Waals surface area contributed by atoms with E-state index in [-0.39, 0.29) is 35.1 Å². The average molecular weight is 627 g/mol. The van der Waals surface area contributed by atoms with E-state index in [0.717, 1.165) is 6.07 Å². The third-order valence-corrected chi connectivity index (χ3v) is 5.32. The number of cyclic esters (lactones) is 2. The molecule has 6 N–H and O–H groups in total. The summed E-state index contributed by atoms with van der Waals surface area (Å²) in [5, 5.41) is 50.2. The highest BCUT2D eigenvalue weighted by molar-refractivity contribution is 6.14. The molecule has 236 valence electrons. The molecule has 0 aromatic heterocycles. The number of carbonyl (C=O) groups is 8. The predicted molar refractivity (Wildman–Crippen MR) is 151 cm³/mol. The number of esters is 2. The zero-order chi connectivity index (χ0) is 34.1. The number of rotatable bonds is 9. The van der Waals surface area contributed by atoms with Crippen molar-refractivity contribution in [2.24, 2.45) is 0 Å². The van der Waals surface area contributed by atoms with Gasteiger partial charge in [-0.15, -0.1) is 0 Å². The topological polar surface area (TPSA) is 267 Å². The second kappa shape index (κ2) is 18.2. The minimum atomic E-state index is -1.13. The normalized spacial score (nSPS) is 10.6. The van der Waals surface area contributed by atoms with E-state index >= 15 is 0 Å². The fourth-order valence-corrected chi connectivity index (χ4v) is 3.13. The number of fused-ring (bicyclic) bond motifs is 1. The van der Waals surface area contributed by atoms with Crippen molar-refractivity contribution in [3.63, 3.8) is 0 Å². The number of carboxylic acid groups (broad SMARTS) is 6. The van der Waals surface area contributed by atoms with E-state index in [4.69, 9.17) is 30.6 Å². The van der Waals surface area contributed by atoms with Crippen LogP contribution in [0.1, 0.15) is 87.8 Å². The molecule has 45 heavy (non-hydrogen) atoms. The van der Waals surface area contributed by atoms with Gasteiger partial charge in [0, 0.05) is 12.8 Å². The van der Waals surface area contributed by atoms with Crippen LogP contribution in [0.4, 0.5) is 0 Å². The summed E-state index contributed by atoms with van der Waals surface area (Å²) in [6.07, 6.45) is 1.02. The van der Waals surface area contributed by atoms with E-state index in [1.54, 1.807) is 24.3 Å². The Morgan fingerprint density at radius 3 is 1.09 bits per heavy atom. The number of unbranched alkanes of at least 4 members (excludes halogenated alkanes) is 1. The van der Waals surface area contributed by atoms with Gasteiger partial charge in [0.15, 0.2) is 0 Å². The third-order valence-electron chi connectivity index (χ3n) is 5.32. The summed E-state index contributed by atoms with van der Waals surface area (Å²) in [5.41, 5.74) is 0.847. The quantitative estimate of drug-likeness (QED) is 0.112. The predicted octanol–water partition coefficient (Wildman–Crippen LogP) is 3.88. The van der Waals surface area contributed by atoms with Gasteiger partial charge < -0.3 is 35.4 Å². The molecule has 0 fully saturated rings. The number of ether oxygens (including phenoxy) is 1. The second-order valence-corrected chi connectivity index (χ2v) is 8.60. The Balaban J connectivity index is 0.000000301. The molecule has 0 radical (unpaired) electrons. The van der Waals surface area contributed by atoms with Crippen LogP contribution in [-0.2, 0) is 14.3 Å². The summed E-state index contributed by atoms with van der Waals surface area (Å²) in [4.78, 5) is 82.9. The summed E-state index contributed by atoms with van der Waals surface area (Å²) < 4.78 is 4.35. The van der Waals surface area contributed by atoms with Crippen molar-refractivity contribution in [1.82, 2.24) is 0 Å². The van der Waals surface area contributed by atoms with Crippen LogP contribution in [-0.4, -0.2) is 78.4 Å². The van der Waals surface area contributed by atoms with Gasteiger partial charge in [0.1, 0.15) is 0 Å². The van der Waals surface area contributed by atoms with E-state index in [1.807, 2.05) is 0 Å². The van der Waals surface area contributed by atoms with E-state index in [0.29, 0.717) is 24.0 Å². The number of carbonyl (C=O) groups excluding carboxylic acids is 2. The Morgan fingerprint density at radius 2 is 0.800 bits per heavy atom. The van der Waals surface area contributed by atoms with Gasteiger partial charge >= 0.3 is 47.8 Å². The summed E-state index contributed by atoms with van der Waals surface area (Å²) in [6, 6.07) is 16.7. The molecule has 1 heterocycles. The minimum Gasteiger partial charge on any atom is -0.481 e. The van der Waals surface area contributed by atoms with Crippen molar-refractivity contribution < 1.29 is 73.7 Å². The summed E-state index contributed by atoms with van der Waals surface area (Å²) in [5.74, 6) is -7.22. The number of aromatic carboxylic acids is 4. The first-order valence-electron chi connectivity index (χ1n) is 12.6. The maximum Gasteiger partial charge on any atom is 0.346 e. The molecule has 15 heteroatoms. The number of aliphatic carboxylic acids is 2. The van der Waals surface area contributed by atoms with E-state index in [2.05, 4.69) is 4.74 Å². The van der Waals surface area contributed by atoms with Gasteiger partial charge in [0.25, 0.3) is 0 Å². The molecule has 3 aromatic rings. The van der Waals surface area contributed by atoms with Gasteiger partial charge in [-0.1, -0.05) is 18.2 Å². The van der Waals surface area contributed by atoms with Crippen LogP contribution in [0.2, 0.25) is 0 Å². The van der Waals surface area contributed by atoms with Gasteiger partial charge in [-0.3, -0.25) is 9.59 Å². The fourth-order valence-electron chi connectivity index (χ4n) is 3.13. The lowest BCUT2D eigenvalue weighted by Gasteiger charge is -1.95. The molecule has 0 spiro atoms. The molecule has 15 nitrogen and oxygen atoms in total. The molecule has 0 atom stereocenters. The minimum absolute atomic E-state index is 0.0186. The van der Waals surface area contributed by atoms with Crippen molar-refractivity contribution in [3.05, 3.63) is 106 Å². The van der Waals surface area contributed by atoms with Crippen LogP contribution in [0, 0.1) is 0 Å². The van der Waals surface area contributed by atoms with Crippen molar-refractivity contribution in [3.8, 4) is 0 Å². The van der Waals surface area contributed by atoms with Gasteiger partial charge in [-0.25, -0.2) is 28.8 Å². The van der Waals surface area contributed by atoms with Crippen LogP contribution >= 0.6 is 0 Å². The molecule has 0 unspecified atom stereocenters. The van der Waals surface area contributed by atoms with Gasteiger partial charge in [-0.2, -0.15) is 0 Å². The van der Waals surface area contributed by atoms with Crippen LogP contribution in [0.3, 0.4) is 0 Å². The van der Waals surface area contributed by atoms with E-state index in [9.17, 15) is 38.4 Å². The molecule has 4 rings (SSSR count). The SMILES string of the molecule is O=C(O)CCCCC(=O)O.O=C(O)c1ccc(C(=O)O)cc1.O=C(O)c1cccc(C(=O)O)c1.O=C1OC(=O)c2ccccc21. The highest BCUT2D eigenvalue weighted by Gasteiger charge is 2.28. The number of hydrogen-bond donors (Lipinski definition) is 6. The molecule has 0 saturated heterocycles. The molecule has 1 aliphatic rings. The molecule has 0 saturated carbocycles. The number of benzene rings is 3. The molecule has 1 aliphatic heterocycles. The first-order valence-corrected chi connectivity index (χ1v) is 12.6. The summed E-state index contributed by atoms with van der Waals surface area (Å²) >= 11 is 0. The third kappa shape index (κ3) is 13.4. The Hall–Kier alpha value is -6.38. The Kier molecular flexibility index (Phi) is 14.8. The van der Waals surface area contributed by atoms with Crippen molar-refractivity contribution in [2.75, 3.05) is 0 Å². The molecular formula is C30H26O15. The Morgan fingerprint density at radius 1 is 0.467 bits per heavy atom. The summed E-state index contributed by atoms with van der Waals surface area (Å²) in [6.45, 7) is 0. The molecule has 0 aliphatic carbocycles. The van der Waals surface area contributed by atoms with Crippen LogP contribution in [0.25, 0.3) is 0 Å². The smallest absolute Gasteiger partial charge is 0.346 e. The van der Waals surface area contributed by atoms with E-state index in [1.165, 1.54) is 42.5 Å². The number of hydrogen-bond acceptors (Lipinski definition) is 9. The van der Waals surface area contributed by atoms with Crippen LogP contribution in [0.15, 0.2) is 72.8 Å². The lowest BCUT2D eigenvalue weighted by atomic mass is 10.1. The first-order chi connectivity index (χ1) is 21.1. The lowest BCUT2D eigenvalue weighted by Crippen LogP contribution is -2.01. The summed E-state index contributed by atoms with van der Waals surface area (Å²) in [7, 11) is 0. The van der Waals surface area contributed by atoms with Crippen molar-refractivity contribution >= 4 is 47.8 Å². The van der Waals surface area contributed by atoms with Gasteiger partial charge in [0.2, 0.25) is 0 Å². The van der Waals surface area contributed by atoms with Crippen molar-refractivity contribution in [1.29, 1.82) is 0 Å². The zero-order valence-corrected chi connectivity index (χ0v) is 23.1. The molecular weight excluding hydrogens is 600 g/mol. The molecule has 0 amide bonds. The van der Waals surface area contributed by atoms with E-state index < -0.39 is 47.8 Å². The zero-order valence-electron chi connectivity index (χ0n) is 23.1. The Labute approximate surface area is 253 Å². The van der Waals surface area contributed by atoms with Crippen molar-refractivity contribution in [2.45, 2.75) is 25.7 Å². The fraction of sp³-hybridized carbons (Fsp3) is 0.133. The van der Waals surface area contributed by atoms with Gasteiger partial charge in [0.05, 0.1) is 33.4 Å². The first kappa shape index (κ1) is 36.6. The van der Waals surface area contributed by atoms with Crippen LogP contribution in [0.5, 0.6) is 0 Å². The average Bonchev–Trinajstić information content (AvgIpc) is 3.29. The standard InChI is InChI=1S/2C8H6O4.C8H4O3.C6H10O4/c9-7(10)5-1-2-6(4-3-5)8(11)12;9-7(10)5-2-1-3-6(4-5)8(11)12;9-7-5-3-1-2-4-6(5)8(10)11-7;7-5(8)3-1-2-4-6(9)10/h2*1-4H,(H,9,10)(H,11,12);1-4H;1-4H2,(H,7,8)(H,9,10). The maximum absolute atomic E-state index is 10.8. The molecule has 0 bridgehead atoms. The van der Waals surface area contributed by atoms with Gasteiger partial charge in [-0.05, 0) is 67.4 Å². The molecule has 3 aromatic carbocycles. The Bertz CT molecular complexity index is 1460.